The van der Waals surface area contributed by atoms with Gasteiger partial charge in [-0.05, 0) is 48.2 Å². The van der Waals surface area contributed by atoms with Crippen molar-refractivity contribution in [1.82, 2.24) is 14.5 Å². The van der Waals surface area contributed by atoms with Gasteiger partial charge in [0.1, 0.15) is 10.9 Å². The number of amides is 3. The second kappa shape index (κ2) is 13.5. The third-order valence-corrected chi connectivity index (χ3v) is 10.6. The Labute approximate surface area is 262 Å². The summed E-state index contributed by atoms with van der Waals surface area (Å²) in [6.45, 7) is -0.318. The first-order chi connectivity index (χ1) is 20.6. The van der Waals surface area contributed by atoms with Crippen LogP contribution in [0.1, 0.15) is 60.0 Å². The fraction of sp³-hybridized carbons (Fsp3) is 0.344. The first-order valence-corrected chi connectivity index (χ1v) is 16.6. The molecular formula is C32H33Cl2N3O5S. The van der Waals surface area contributed by atoms with E-state index in [4.69, 9.17) is 23.2 Å². The van der Waals surface area contributed by atoms with Crippen molar-refractivity contribution in [3.8, 4) is 0 Å². The Bertz CT molecular complexity index is 1610. The second-order valence-corrected chi connectivity index (χ2v) is 13.6. The minimum Gasteiger partial charge on any atom is -0.352 e. The zero-order valence-corrected chi connectivity index (χ0v) is 25.9. The Morgan fingerprint density at radius 2 is 1.60 bits per heavy atom. The molecule has 3 aromatic rings. The average molecular weight is 643 g/mol. The number of fused-ring (bicyclic) bond motifs is 1. The van der Waals surface area contributed by atoms with E-state index in [1.165, 1.54) is 17.0 Å². The molecular weight excluding hydrogens is 609 g/mol. The van der Waals surface area contributed by atoms with Gasteiger partial charge < -0.3 is 10.2 Å². The van der Waals surface area contributed by atoms with Crippen LogP contribution in [-0.2, 0) is 32.6 Å². The molecule has 0 aromatic heterocycles. The van der Waals surface area contributed by atoms with Crippen LogP contribution < -0.4 is 5.32 Å². The summed E-state index contributed by atoms with van der Waals surface area (Å²) >= 11 is 12.4. The van der Waals surface area contributed by atoms with Crippen molar-refractivity contribution in [3.05, 3.63) is 99.5 Å². The minimum atomic E-state index is -4.09. The zero-order chi connectivity index (χ0) is 30.6. The molecule has 1 aliphatic heterocycles. The lowest BCUT2D eigenvalue weighted by Crippen LogP contribution is -2.53. The fourth-order valence-corrected chi connectivity index (χ4v) is 7.62. The maximum absolute atomic E-state index is 14.0. The highest BCUT2D eigenvalue weighted by molar-refractivity contribution is 7.90. The Morgan fingerprint density at radius 3 is 2.30 bits per heavy atom. The lowest BCUT2D eigenvalue weighted by Gasteiger charge is -2.34. The number of carbonyl (C=O) groups excluding carboxylic acids is 3. The second-order valence-electron chi connectivity index (χ2n) is 10.9. The molecule has 11 heteroatoms. The van der Waals surface area contributed by atoms with Gasteiger partial charge in [-0.1, -0.05) is 91.0 Å². The number of halogens is 2. The van der Waals surface area contributed by atoms with Crippen molar-refractivity contribution in [2.75, 3.05) is 6.54 Å². The third-order valence-electron chi connectivity index (χ3n) is 8.00. The highest BCUT2D eigenvalue weighted by Crippen LogP contribution is 2.30. The summed E-state index contributed by atoms with van der Waals surface area (Å²) in [4.78, 5) is 42.3. The van der Waals surface area contributed by atoms with Crippen molar-refractivity contribution in [2.45, 2.75) is 68.5 Å². The van der Waals surface area contributed by atoms with Gasteiger partial charge in [0.2, 0.25) is 11.8 Å². The molecule has 43 heavy (non-hydrogen) atoms. The molecule has 0 radical (unpaired) electrons. The van der Waals surface area contributed by atoms with E-state index in [0.29, 0.717) is 15.6 Å². The predicted molar refractivity (Wildman–Crippen MR) is 165 cm³/mol. The maximum Gasteiger partial charge on any atom is 0.269 e. The summed E-state index contributed by atoms with van der Waals surface area (Å²) in [6, 6.07) is 19.5. The SMILES string of the molecule is O=C(NC1CCCCC1)C(Cc1ccccc1)N(Cc1ccc(Cl)c(Cl)c1)C(=O)CCN1C(=O)c2ccccc2S1(=O)=O. The van der Waals surface area contributed by atoms with E-state index in [1.807, 2.05) is 30.3 Å². The van der Waals surface area contributed by atoms with Gasteiger partial charge in [0, 0.05) is 32.0 Å². The molecule has 2 aliphatic rings. The quantitative estimate of drug-likeness (QED) is 0.310. The van der Waals surface area contributed by atoms with Crippen molar-refractivity contribution >= 4 is 50.9 Å². The summed E-state index contributed by atoms with van der Waals surface area (Å²) in [5, 5.41) is 3.84. The summed E-state index contributed by atoms with van der Waals surface area (Å²) in [6.07, 6.45) is 4.88. The Kier molecular flexibility index (Phi) is 9.74. The lowest BCUT2D eigenvalue weighted by atomic mass is 9.94. The van der Waals surface area contributed by atoms with Crippen molar-refractivity contribution < 1.29 is 22.8 Å². The zero-order valence-electron chi connectivity index (χ0n) is 23.5. The molecule has 0 bridgehead atoms. The monoisotopic (exact) mass is 641 g/mol. The summed E-state index contributed by atoms with van der Waals surface area (Å²) in [5.41, 5.74) is 1.60. The Balaban J connectivity index is 1.44. The number of nitrogens with one attached hydrogen (secondary N) is 1. The van der Waals surface area contributed by atoms with Gasteiger partial charge in [0.25, 0.3) is 15.9 Å². The number of hydrogen-bond donors (Lipinski definition) is 1. The van der Waals surface area contributed by atoms with E-state index in [9.17, 15) is 22.8 Å². The van der Waals surface area contributed by atoms with Gasteiger partial charge in [-0.3, -0.25) is 14.4 Å². The lowest BCUT2D eigenvalue weighted by molar-refractivity contribution is -0.141. The van der Waals surface area contributed by atoms with Gasteiger partial charge in [0.05, 0.1) is 15.6 Å². The van der Waals surface area contributed by atoms with Gasteiger partial charge in [0.15, 0.2) is 0 Å². The van der Waals surface area contributed by atoms with Gasteiger partial charge >= 0.3 is 0 Å². The molecule has 1 N–H and O–H groups in total. The first-order valence-electron chi connectivity index (χ1n) is 14.4. The first kappa shape index (κ1) is 31.0. The standard InChI is InChI=1S/C32H33Cl2N3O5S/c33-26-16-15-23(19-27(26)34)21-36(30(38)17-18-37-32(40)25-13-7-8-14-29(25)43(37,41)42)28(20-22-9-3-1-4-10-22)31(39)35-24-11-5-2-6-12-24/h1,3-4,7-10,13-16,19,24,28H,2,5-6,11-12,17-18,20-21H2,(H,35,39). The van der Waals surface area contributed by atoms with Crippen molar-refractivity contribution in [1.29, 1.82) is 0 Å². The molecule has 0 spiro atoms. The molecule has 1 fully saturated rings. The van der Waals surface area contributed by atoms with Gasteiger partial charge in [-0.25, -0.2) is 12.7 Å². The van der Waals surface area contributed by atoms with Crippen molar-refractivity contribution in [2.24, 2.45) is 0 Å². The summed E-state index contributed by atoms with van der Waals surface area (Å²) < 4.78 is 27.0. The number of nitrogens with zero attached hydrogens (tertiary/aromatic N) is 2. The number of sulfonamides is 1. The van der Waals surface area contributed by atoms with Crippen LogP contribution in [0.25, 0.3) is 0 Å². The molecule has 1 unspecified atom stereocenters. The summed E-state index contributed by atoms with van der Waals surface area (Å²) in [5.74, 6) is -1.42. The number of hydrogen-bond acceptors (Lipinski definition) is 5. The van der Waals surface area contributed by atoms with Crippen LogP contribution in [0, 0.1) is 0 Å². The van der Waals surface area contributed by atoms with E-state index in [2.05, 4.69) is 5.32 Å². The Morgan fingerprint density at radius 1 is 0.907 bits per heavy atom. The van der Waals surface area contributed by atoms with Crippen molar-refractivity contribution in [3.63, 3.8) is 0 Å². The smallest absolute Gasteiger partial charge is 0.269 e. The van der Waals surface area contributed by atoms with Crippen LogP contribution in [0.2, 0.25) is 10.0 Å². The molecule has 1 heterocycles. The minimum absolute atomic E-state index is 0.0207. The largest absolute Gasteiger partial charge is 0.352 e. The van der Waals surface area contributed by atoms with Crippen LogP contribution >= 0.6 is 23.2 Å². The molecule has 1 aliphatic carbocycles. The summed E-state index contributed by atoms with van der Waals surface area (Å²) in [7, 11) is -4.09. The average Bonchev–Trinajstić information content (AvgIpc) is 3.20. The highest BCUT2D eigenvalue weighted by atomic mass is 35.5. The van der Waals surface area contributed by atoms with E-state index >= 15 is 0 Å². The molecule has 0 saturated heterocycles. The van der Waals surface area contributed by atoms with Crippen LogP contribution in [0.3, 0.4) is 0 Å². The van der Waals surface area contributed by atoms with E-state index in [1.54, 1.807) is 30.3 Å². The molecule has 5 rings (SSSR count). The molecule has 3 aromatic carbocycles. The Hall–Kier alpha value is -3.40. The molecule has 8 nitrogen and oxygen atoms in total. The molecule has 1 saturated carbocycles. The fourth-order valence-electron chi connectivity index (χ4n) is 5.73. The van der Waals surface area contributed by atoms with Gasteiger partial charge in [-0.2, -0.15) is 0 Å². The molecule has 226 valence electrons. The van der Waals surface area contributed by atoms with Crippen LogP contribution in [-0.4, -0.2) is 54.0 Å². The number of rotatable bonds is 10. The normalized spacial score (nSPS) is 16.9. The maximum atomic E-state index is 14.0. The topological polar surface area (TPSA) is 104 Å². The van der Waals surface area contributed by atoms with E-state index < -0.39 is 27.9 Å². The number of benzene rings is 3. The molecule has 1 atom stereocenters. The number of carbonyl (C=O) groups is 3. The predicted octanol–water partition coefficient (Wildman–Crippen LogP) is 5.62. The van der Waals surface area contributed by atoms with E-state index in [0.717, 1.165) is 42.0 Å². The van der Waals surface area contributed by atoms with Gasteiger partial charge in [-0.15, -0.1) is 0 Å². The third kappa shape index (κ3) is 7.06. The molecule has 3 amide bonds. The van der Waals surface area contributed by atoms with Crippen LogP contribution in [0.15, 0.2) is 77.7 Å². The van der Waals surface area contributed by atoms with Crippen LogP contribution in [0.4, 0.5) is 0 Å². The van der Waals surface area contributed by atoms with Crippen LogP contribution in [0.5, 0.6) is 0 Å². The van der Waals surface area contributed by atoms with E-state index in [-0.39, 0.29) is 48.3 Å². The highest BCUT2D eigenvalue weighted by Gasteiger charge is 2.41.